The first-order chi connectivity index (χ1) is 7.49. The zero-order valence-electron chi connectivity index (χ0n) is 9.58. The molecular formula is C12H17BrClNO. The molecule has 0 heterocycles. The maximum absolute atomic E-state index is 9.20. The van der Waals surface area contributed by atoms with E-state index < -0.39 is 0 Å². The molecule has 0 fully saturated rings. The van der Waals surface area contributed by atoms with Crippen molar-refractivity contribution >= 4 is 27.5 Å². The van der Waals surface area contributed by atoms with E-state index in [2.05, 4.69) is 20.8 Å². The summed E-state index contributed by atoms with van der Waals surface area (Å²) in [7, 11) is 2.05. The molecule has 90 valence electrons. The highest BCUT2D eigenvalue weighted by molar-refractivity contribution is 9.10. The average molecular weight is 307 g/mol. The van der Waals surface area contributed by atoms with Crippen LogP contribution in [0.25, 0.3) is 0 Å². The van der Waals surface area contributed by atoms with Crippen LogP contribution in [0.4, 0.5) is 0 Å². The molecule has 1 rings (SSSR count). The van der Waals surface area contributed by atoms with Gasteiger partial charge in [-0.15, -0.1) is 0 Å². The Morgan fingerprint density at radius 1 is 1.50 bits per heavy atom. The first-order valence-corrected chi connectivity index (χ1v) is 6.46. The van der Waals surface area contributed by atoms with Crippen molar-refractivity contribution in [3.8, 4) is 0 Å². The Bertz CT molecular complexity index is 344. The molecule has 16 heavy (non-hydrogen) atoms. The minimum absolute atomic E-state index is 0.237. The lowest BCUT2D eigenvalue weighted by Crippen LogP contribution is -2.22. The summed E-state index contributed by atoms with van der Waals surface area (Å²) < 4.78 is 0.926. The number of aliphatic hydroxyl groups is 1. The van der Waals surface area contributed by atoms with Gasteiger partial charge in [-0.3, -0.25) is 0 Å². The van der Waals surface area contributed by atoms with E-state index in [0.717, 1.165) is 29.0 Å². The minimum atomic E-state index is -0.237. The Morgan fingerprint density at radius 2 is 2.19 bits per heavy atom. The highest BCUT2D eigenvalue weighted by Gasteiger charge is 2.04. The van der Waals surface area contributed by atoms with E-state index in [1.807, 2.05) is 32.2 Å². The lowest BCUT2D eigenvalue weighted by atomic mass is 10.2. The molecule has 0 saturated heterocycles. The van der Waals surface area contributed by atoms with Crippen LogP contribution >= 0.6 is 27.5 Å². The average Bonchev–Trinajstić information content (AvgIpc) is 2.21. The van der Waals surface area contributed by atoms with Gasteiger partial charge in [0.05, 0.1) is 11.1 Å². The van der Waals surface area contributed by atoms with Crippen LogP contribution in [0.3, 0.4) is 0 Å². The van der Waals surface area contributed by atoms with Gasteiger partial charge in [-0.2, -0.15) is 0 Å². The summed E-state index contributed by atoms with van der Waals surface area (Å²) in [4.78, 5) is 2.18. The van der Waals surface area contributed by atoms with Gasteiger partial charge in [-0.05, 0) is 54.0 Å². The molecule has 0 spiro atoms. The number of benzene rings is 1. The van der Waals surface area contributed by atoms with Gasteiger partial charge in [0.25, 0.3) is 0 Å². The molecule has 0 amide bonds. The third-order valence-corrected chi connectivity index (χ3v) is 3.58. The maximum atomic E-state index is 9.20. The van der Waals surface area contributed by atoms with Gasteiger partial charge in [0.2, 0.25) is 0 Å². The van der Waals surface area contributed by atoms with Crippen LogP contribution in [0.1, 0.15) is 18.9 Å². The van der Waals surface area contributed by atoms with Crippen LogP contribution in [0.2, 0.25) is 5.02 Å². The van der Waals surface area contributed by atoms with Crippen molar-refractivity contribution in [2.75, 3.05) is 13.6 Å². The van der Waals surface area contributed by atoms with Gasteiger partial charge in [-0.1, -0.05) is 17.7 Å². The normalized spacial score (nSPS) is 13.1. The molecule has 0 bridgehead atoms. The summed E-state index contributed by atoms with van der Waals surface area (Å²) in [5, 5.41) is 9.93. The standard InChI is InChI=1S/C12H17BrClNO/c1-9(16)5-6-15(2)8-10-3-4-12(14)11(13)7-10/h3-4,7,9,16H,5-6,8H2,1-2H3. The van der Waals surface area contributed by atoms with E-state index in [1.165, 1.54) is 5.56 Å². The monoisotopic (exact) mass is 305 g/mol. The van der Waals surface area contributed by atoms with E-state index in [9.17, 15) is 5.11 Å². The maximum Gasteiger partial charge on any atom is 0.0548 e. The molecule has 0 aromatic heterocycles. The van der Waals surface area contributed by atoms with Gasteiger partial charge >= 0.3 is 0 Å². The quantitative estimate of drug-likeness (QED) is 0.902. The highest BCUT2D eigenvalue weighted by atomic mass is 79.9. The third-order valence-electron chi connectivity index (χ3n) is 2.37. The first kappa shape index (κ1) is 14.0. The van der Waals surface area contributed by atoms with Crippen molar-refractivity contribution < 1.29 is 5.11 Å². The Hall–Kier alpha value is -0.0900. The van der Waals surface area contributed by atoms with Gasteiger partial charge in [-0.25, -0.2) is 0 Å². The predicted octanol–water partition coefficient (Wildman–Crippen LogP) is 3.31. The molecule has 1 aromatic carbocycles. The fraction of sp³-hybridized carbons (Fsp3) is 0.500. The van der Waals surface area contributed by atoms with E-state index in [-0.39, 0.29) is 6.10 Å². The summed E-state index contributed by atoms with van der Waals surface area (Å²) in [6.45, 7) is 3.56. The molecule has 0 saturated carbocycles. The second-order valence-corrected chi connectivity index (χ2v) is 5.39. The lowest BCUT2D eigenvalue weighted by molar-refractivity contribution is 0.163. The van der Waals surface area contributed by atoms with Crippen LogP contribution < -0.4 is 0 Å². The van der Waals surface area contributed by atoms with Crippen molar-refractivity contribution in [3.05, 3.63) is 33.3 Å². The van der Waals surface area contributed by atoms with Gasteiger partial charge in [0.1, 0.15) is 0 Å². The van der Waals surface area contributed by atoms with Crippen molar-refractivity contribution in [2.24, 2.45) is 0 Å². The summed E-state index contributed by atoms with van der Waals surface area (Å²) in [6, 6.07) is 5.94. The van der Waals surface area contributed by atoms with Crippen molar-refractivity contribution in [3.63, 3.8) is 0 Å². The Balaban J connectivity index is 2.49. The van der Waals surface area contributed by atoms with Gasteiger partial charge in [0.15, 0.2) is 0 Å². The summed E-state index contributed by atoms with van der Waals surface area (Å²) in [5.41, 5.74) is 1.21. The van der Waals surface area contributed by atoms with Crippen LogP contribution in [0, 0.1) is 0 Å². The molecule has 1 atom stereocenters. The minimum Gasteiger partial charge on any atom is -0.393 e. The number of nitrogens with zero attached hydrogens (tertiary/aromatic N) is 1. The Kier molecular flexibility index (Phi) is 5.76. The molecule has 1 aromatic rings. The fourth-order valence-electron chi connectivity index (χ4n) is 1.44. The number of rotatable bonds is 5. The molecule has 0 aliphatic heterocycles. The van der Waals surface area contributed by atoms with E-state index in [0.29, 0.717) is 0 Å². The van der Waals surface area contributed by atoms with Crippen LogP contribution in [0.15, 0.2) is 22.7 Å². The second-order valence-electron chi connectivity index (χ2n) is 4.12. The Morgan fingerprint density at radius 3 is 2.75 bits per heavy atom. The topological polar surface area (TPSA) is 23.5 Å². The SMILES string of the molecule is CC(O)CCN(C)Cc1ccc(Cl)c(Br)c1. The summed E-state index contributed by atoms with van der Waals surface area (Å²) >= 11 is 9.33. The zero-order valence-corrected chi connectivity index (χ0v) is 11.9. The van der Waals surface area contributed by atoms with Gasteiger partial charge in [0, 0.05) is 17.6 Å². The smallest absolute Gasteiger partial charge is 0.0548 e. The summed E-state index contributed by atoms with van der Waals surface area (Å²) in [6.07, 6.45) is 0.560. The molecule has 4 heteroatoms. The zero-order chi connectivity index (χ0) is 12.1. The molecule has 0 aliphatic carbocycles. The molecule has 0 aliphatic rings. The molecule has 0 radical (unpaired) electrons. The number of halogens is 2. The lowest BCUT2D eigenvalue weighted by Gasteiger charge is -2.17. The van der Waals surface area contributed by atoms with E-state index in [4.69, 9.17) is 11.6 Å². The van der Waals surface area contributed by atoms with E-state index >= 15 is 0 Å². The number of hydrogen-bond acceptors (Lipinski definition) is 2. The fourth-order valence-corrected chi connectivity index (χ4v) is 1.98. The van der Waals surface area contributed by atoms with Crippen LogP contribution in [-0.4, -0.2) is 29.7 Å². The van der Waals surface area contributed by atoms with Gasteiger partial charge < -0.3 is 10.0 Å². The third kappa shape index (κ3) is 4.83. The molecule has 1 unspecified atom stereocenters. The molecule has 2 nitrogen and oxygen atoms in total. The Labute approximate surface area is 110 Å². The van der Waals surface area contributed by atoms with Crippen molar-refractivity contribution in [1.29, 1.82) is 0 Å². The van der Waals surface area contributed by atoms with Crippen LogP contribution in [-0.2, 0) is 6.54 Å². The summed E-state index contributed by atoms with van der Waals surface area (Å²) in [5.74, 6) is 0. The number of hydrogen-bond donors (Lipinski definition) is 1. The largest absolute Gasteiger partial charge is 0.393 e. The highest BCUT2D eigenvalue weighted by Crippen LogP contribution is 2.23. The predicted molar refractivity (Wildman–Crippen MR) is 71.8 cm³/mol. The van der Waals surface area contributed by atoms with Crippen molar-refractivity contribution in [2.45, 2.75) is 26.0 Å². The van der Waals surface area contributed by atoms with E-state index in [1.54, 1.807) is 0 Å². The molecule has 1 N–H and O–H groups in total. The first-order valence-electron chi connectivity index (χ1n) is 5.29. The molecular weight excluding hydrogens is 289 g/mol. The van der Waals surface area contributed by atoms with Crippen LogP contribution in [0.5, 0.6) is 0 Å². The number of aliphatic hydroxyl groups excluding tert-OH is 1. The second kappa shape index (κ2) is 6.60. The van der Waals surface area contributed by atoms with Crippen molar-refractivity contribution in [1.82, 2.24) is 4.90 Å².